The number of ether oxygens (including phenoxy) is 1. The number of aromatic nitrogens is 2. The van der Waals surface area contributed by atoms with E-state index in [2.05, 4.69) is 15.5 Å². The summed E-state index contributed by atoms with van der Waals surface area (Å²) in [5, 5.41) is 9.28. The number of aryl methyl sites for hydroxylation is 1. The molecular formula is C10H18N4O2. The fourth-order valence-electron chi connectivity index (χ4n) is 1.28. The number of nitrogens with zero attached hydrogens (tertiary/aromatic N) is 1. The van der Waals surface area contributed by atoms with E-state index in [1.807, 2.05) is 6.92 Å². The number of hydrogen-bond donors (Lipinski definition) is 3. The Morgan fingerprint density at radius 3 is 3.06 bits per heavy atom. The molecule has 0 bridgehead atoms. The Bertz CT molecular complexity index is 337. The monoisotopic (exact) mass is 226 g/mol. The normalized spacial score (nSPS) is 12.4. The van der Waals surface area contributed by atoms with Crippen molar-refractivity contribution in [2.45, 2.75) is 25.8 Å². The Kier molecular flexibility index (Phi) is 4.94. The van der Waals surface area contributed by atoms with Crippen molar-refractivity contribution in [3.63, 3.8) is 0 Å². The van der Waals surface area contributed by atoms with E-state index in [9.17, 15) is 4.79 Å². The summed E-state index contributed by atoms with van der Waals surface area (Å²) in [4.78, 5) is 11.6. The van der Waals surface area contributed by atoms with Crippen molar-refractivity contribution >= 4 is 11.7 Å². The maximum atomic E-state index is 11.6. The van der Waals surface area contributed by atoms with Crippen LogP contribution in [0.25, 0.3) is 0 Å². The molecule has 1 rings (SSSR count). The molecule has 0 saturated carbocycles. The van der Waals surface area contributed by atoms with Gasteiger partial charge in [0.25, 0.3) is 0 Å². The van der Waals surface area contributed by atoms with Gasteiger partial charge in [0.05, 0.1) is 6.04 Å². The zero-order valence-corrected chi connectivity index (χ0v) is 9.62. The lowest BCUT2D eigenvalue weighted by Gasteiger charge is -2.09. The van der Waals surface area contributed by atoms with E-state index in [0.29, 0.717) is 18.8 Å². The van der Waals surface area contributed by atoms with Crippen molar-refractivity contribution in [2.24, 2.45) is 5.73 Å². The van der Waals surface area contributed by atoms with E-state index in [4.69, 9.17) is 10.5 Å². The lowest BCUT2D eigenvalue weighted by molar-refractivity contribution is -0.117. The molecule has 0 fully saturated rings. The summed E-state index contributed by atoms with van der Waals surface area (Å²) in [6, 6.07) is 1.23. The van der Waals surface area contributed by atoms with Crippen LogP contribution >= 0.6 is 0 Å². The van der Waals surface area contributed by atoms with Crippen molar-refractivity contribution in [1.29, 1.82) is 0 Å². The zero-order valence-electron chi connectivity index (χ0n) is 9.62. The van der Waals surface area contributed by atoms with Gasteiger partial charge in [0.15, 0.2) is 5.82 Å². The fraction of sp³-hybridized carbons (Fsp3) is 0.600. The molecule has 90 valence electrons. The van der Waals surface area contributed by atoms with Crippen LogP contribution in [0.5, 0.6) is 0 Å². The number of carbonyl (C=O) groups excluding carboxylic acids is 1. The zero-order chi connectivity index (χ0) is 12.0. The van der Waals surface area contributed by atoms with Crippen molar-refractivity contribution in [3.8, 4) is 0 Å². The highest BCUT2D eigenvalue weighted by atomic mass is 16.5. The summed E-state index contributed by atoms with van der Waals surface area (Å²) in [6.07, 6.45) is 1.37. The Morgan fingerprint density at radius 2 is 2.50 bits per heavy atom. The molecule has 1 atom stereocenters. The molecule has 0 spiro atoms. The molecular weight excluding hydrogens is 208 g/mol. The highest BCUT2D eigenvalue weighted by Crippen LogP contribution is 2.05. The van der Waals surface area contributed by atoms with Crippen LogP contribution in [0.3, 0.4) is 0 Å². The number of anilines is 1. The summed E-state index contributed by atoms with van der Waals surface area (Å²) in [7, 11) is 1.62. The number of methoxy groups -OCH3 is 1. The molecule has 1 amide bonds. The number of nitrogens with two attached hydrogens (primary N) is 1. The maximum absolute atomic E-state index is 11.6. The minimum Gasteiger partial charge on any atom is -0.385 e. The van der Waals surface area contributed by atoms with Gasteiger partial charge in [-0.2, -0.15) is 5.10 Å². The van der Waals surface area contributed by atoms with Gasteiger partial charge in [-0.3, -0.25) is 9.89 Å². The standard InChI is InChI=1S/C10H18N4O2/c1-7-6-9(14-13-7)12-10(15)8(11)4-3-5-16-2/h6,8H,3-5,11H2,1-2H3,(H2,12,13,14,15). The van der Waals surface area contributed by atoms with Crippen LogP contribution < -0.4 is 11.1 Å². The van der Waals surface area contributed by atoms with E-state index >= 15 is 0 Å². The third-order valence-electron chi connectivity index (χ3n) is 2.16. The summed E-state index contributed by atoms with van der Waals surface area (Å²) >= 11 is 0. The van der Waals surface area contributed by atoms with Crippen LogP contribution in [-0.4, -0.2) is 35.9 Å². The van der Waals surface area contributed by atoms with Gasteiger partial charge < -0.3 is 15.8 Å². The SMILES string of the molecule is COCCCC(N)C(=O)Nc1cc(C)[nH]n1. The van der Waals surface area contributed by atoms with Gasteiger partial charge in [-0.05, 0) is 19.8 Å². The van der Waals surface area contributed by atoms with Crippen LogP contribution in [0.4, 0.5) is 5.82 Å². The van der Waals surface area contributed by atoms with E-state index < -0.39 is 6.04 Å². The molecule has 0 aliphatic heterocycles. The van der Waals surface area contributed by atoms with E-state index in [1.165, 1.54) is 0 Å². The second-order valence-corrected chi connectivity index (χ2v) is 3.67. The third-order valence-corrected chi connectivity index (χ3v) is 2.16. The lowest BCUT2D eigenvalue weighted by atomic mass is 10.1. The molecule has 1 heterocycles. The highest BCUT2D eigenvalue weighted by Gasteiger charge is 2.13. The Labute approximate surface area is 94.5 Å². The fourth-order valence-corrected chi connectivity index (χ4v) is 1.28. The van der Waals surface area contributed by atoms with E-state index in [1.54, 1.807) is 13.2 Å². The predicted octanol–water partition coefficient (Wildman–Crippen LogP) is 0.411. The van der Waals surface area contributed by atoms with Crippen molar-refractivity contribution in [1.82, 2.24) is 10.2 Å². The van der Waals surface area contributed by atoms with Crippen molar-refractivity contribution in [2.75, 3.05) is 19.0 Å². The predicted molar refractivity (Wildman–Crippen MR) is 61.0 cm³/mol. The Morgan fingerprint density at radius 1 is 1.75 bits per heavy atom. The van der Waals surface area contributed by atoms with E-state index in [-0.39, 0.29) is 5.91 Å². The quantitative estimate of drug-likeness (QED) is 0.612. The van der Waals surface area contributed by atoms with Crippen LogP contribution in [-0.2, 0) is 9.53 Å². The Hall–Kier alpha value is -1.40. The number of amides is 1. The molecule has 6 nitrogen and oxygen atoms in total. The number of H-pyrrole nitrogens is 1. The average molecular weight is 226 g/mol. The van der Waals surface area contributed by atoms with Gasteiger partial charge in [-0.25, -0.2) is 0 Å². The summed E-state index contributed by atoms with van der Waals surface area (Å²) in [5.74, 6) is 0.285. The van der Waals surface area contributed by atoms with Gasteiger partial charge in [0.1, 0.15) is 0 Å². The first-order valence-electron chi connectivity index (χ1n) is 5.21. The van der Waals surface area contributed by atoms with Crippen LogP contribution in [0, 0.1) is 6.92 Å². The average Bonchev–Trinajstić information content (AvgIpc) is 2.64. The molecule has 0 aliphatic rings. The molecule has 1 unspecified atom stereocenters. The largest absolute Gasteiger partial charge is 0.385 e. The first kappa shape index (κ1) is 12.7. The van der Waals surface area contributed by atoms with Gasteiger partial charge in [0.2, 0.25) is 5.91 Å². The second-order valence-electron chi connectivity index (χ2n) is 3.67. The van der Waals surface area contributed by atoms with Crippen LogP contribution in [0.2, 0.25) is 0 Å². The molecule has 16 heavy (non-hydrogen) atoms. The number of aromatic amines is 1. The molecule has 0 aromatic carbocycles. The summed E-state index contributed by atoms with van der Waals surface area (Å²) in [6.45, 7) is 2.48. The van der Waals surface area contributed by atoms with Crippen molar-refractivity contribution < 1.29 is 9.53 Å². The van der Waals surface area contributed by atoms with Crippen LogP contribution in [0.15, 0.2) is 6.07 Å². The molecule has 4 N–H and O–H groups in total. The summed E-state index contributed by atoms with van der Waals surface area (Å²) in [5.41, 5.74) is 6.60. The highest BCUT2D eigenvalue weighted by molar-refractivity contribution is 5.93. The number of nitrogens with one attached hydrogen (secondary N) is 2. The van der Waals surface area contributed by atoms with Gasteiger partial charge >= 0.3 is 0 Å². The minimum atomic E-state index is -0.521. The second kappa shape index (κ2) is 6.24. The lowest BCUT2D eigenvalue weighted by Crippen LogP contribution is -2.35. The van der Waals surface area contributed by atoms with Gasteiger partial charge in [0, 0.05) is 25.5 Å². The smallest absolute Gasteiger partial charge is 0.242 e. The van der Waals surface area contributed by atoms with Gasteiger partial charge in [-0.15, -0.1) is 0 Å². The molecule has 1 aromatic heterocycles. The van der Waals surface area contributed by atoms with Gasteiger partial charge in [-0.1, -0.05) is 0 Å². The molecule has 6 heteroatoms. The topological polar surface area (TPSA) is 93.0 Å². The summed E-state index contributed by atoms with van der Waals surface area (Å²) < 4.78 is 4.89. The number of carbonyl (C=O) groups is 1. The maximum Gasteiger partial charge on any atom is 0.242 e. The first-order chi connectivity index (χ1) is 7.63. The Balaban J connectivity index is 2.34. The third kappa shape index (κ3) is 4.00. The number of rotatable bonds is 6. The molecule has 0 saturated heterocycles. The van der Waals surface area contributed by atoms with E-state index in [0.717, 1.165) is 12.1 Å². The minimum absolute atomic E-state index is 0.220. The molecule has 0 radical (unpaired) electrons. The molecule has 1 aromatic rings. The van der Waals surface area contributed by atoms with Crippen molar-refractivity contribution in [3.05, 3.63) is 11.8 Å². The van der Waals surface area contributed by atoms with Crippen LogP contribution in [0.1, 0.15) is 18.5 Å². The first-order valence-corrected chi connectivity index (χ1v) is 5.21. The number of hydrogen-bond acceptors (Lipinski definition) is 4. The molecule has 0 aliphatic carbocycles.